The first-order valence-corrected chi connectivity index (χ1v) is 5.26. The Hall–Kier alpha value is -0.830. The van der Waals surface area contributed by atoms with Crippen molar-refractivity contribution in [2.45, 2.75) is 32.2 Å². The van der Waals surface area contributed by atoms with E-state index in [0.717, 1.165) is 25.8 Å². The van der Waals surface area contributed by atoms with Crippen LogP contribution in [0.3, 0.4) is 0 Å². The lowest BCUT2D eigenvalue weighted by Crippen LogP contribution is -2.47. The molecule has 1 N–H and O–H groups in total. The van der Waals surface area contributed by atoms with Gasteiger partial charge < -0.3 is 5.11 Å². The third-order valence-corrected chi connectivity index (χ3v) is 3.05. The van der Waals surface area contributed by atoms with Gasteiger partial charge in [-0.25, -0.2) is 0 Å². The minimum absolute atomic E-state index is 0.299. The van der Waals surface area contributed by atoms with E-state index >= 15 is 0 Å². The fourth-order valence-corrected chi connectivity index (χ4v) is 2.10. The van der Waals surface area contributed by atoms with Crippen molar-refractivity contribution in [3.8, 4) is 0 Å². The number of hydrogen-bond donors (Lipinski definition) is 1. The lowest BCUT2D eigenvalue weighted by molar-refractivity contribution is -0.145. The van der Waals surface area contributed by atoms with Crippen molar-refractivity contribution in [1.82, 2.24) is 4.90 Å². The molecule has 2 unspecified atom stereocenters. The second kappa shape index (κ2) is 5.15. The molecule has 0 aromatic rings. The number of rotatable bonds is 4. The molecule has 0 radical (unpaired) electrons. The second-order valence-corrected chi connectivity index (χ2v) is 3.94. The van der Waals surface area contributed by atoms with Gasteiger partial charge in [0.1, 0.15) is 6.04 Å². The molecule has 1 fully saturated rings. The Morgan fingerprint density at radius 2 is 2.43 bits per heavy atom. The highest BCUT2D eigenvalue weighted by molar-refractivity contribution is 5.73. The molecule has 0 spiro atoms. The van der Waals surface area contributed by atoms with E-state index < -0.39 is 5.97 Å². The molecule has 0 bridgehead atoms. The lowest BCUT2D eigenvalue weighted by Gasteiger charge is -2.36. The van der Waals surface area contributed by atoms with Crippen LogP contribution in [0.25, 0.3) is 0 Å². The zero-order valence-electron chi connectivity index (χ0n) is 8.78. The second-order valence-electron chi connectivity index (χ2n) is 3.94. The molecule has 1 rings (SSSR count). The van der Waals surface area contributed by atoms with Crippen LogP contribution in [0.15, 0.2) is 12.7 Å². The zero-order chi connectivity index (χ0) is 10.6. The highest BCUT2D eigenvalue weighted by atomic mass is 16.4. The molecule has 0 aliphatic carbocycles. The maximum atomic E-state index is 11.0. The molecule has 0 aromatic carbocycles. The number of carboxylic acid groups (broad SMARTS) is 1. The van der Waals surface area contributed by atoms with Crippen LogP contribution in [-0.2, 0) is 4.79 Å². The van der Waals surface area contributed by atoms with Crippen LogP contribution in [0, 0.1) is 5.92 Å². The molecular formula is C11H19NO2. The van der Waals surface area contributed by atoms with E-state index in [4.69, 9.17) is 5.11 Å². The maximum Gasteiger partial charge on any atom is 0.320 e. The predicted molar refractivity (Wildman–Crippen MR) is 56.2 cm³/mol. The molecule has 3 heteroatoms. The standard InChI is InChI=1S/C11H19NO2/c1-3-6-12-7-5-9(4-2)8-10(12)11(13)14/h3,9-10H,1,4-8H2,2H3,(H,13,14). The van der Waals surface area contributed by atoms with Gasteiger partial charge in [-0.2, -0.15) is 0 Å². The van der Waals surface area contributed by atoms with Crippen LogP contribution < -0.4 is 0 Å². The summed E-state index contributed by atoms with van der Waals surface area (Å²) in [5.41, 5.74) is 0. The zero-order valence-corrected chi connectivity index (χ0v) is 8.78. The molecule has 1 aliphatic rings. The first kappa shape index (κ1) is 11.2. The summed E-state index contributed by atoms with van der Waals surface area (Å²) in [7, 11) is 0. The summed E-state index contributed by atoms with van der Waals surface area (Å²) in [5.74, 6) is -0.109. The summed E-state index contributed by atoms with van der Waals surface area (Å²) in [6.07, 6.45) is 4.78. The SMILES string of the molecule is C=CCN1CCC(CC)CC1C(=O)O. The molecule has 0 amide bonds. The summed E-state index contributed by atoms with van der Waals surface area (Å²) >= 11 is 0. The number of piperidine rings is 1. The fraction of sp³-hybridized carbons (Fsp3) is 0.727. The van der Waals surface area contributed by atoms with Gasteiger partial charge in [-0.3, -0.25) is 9.69 Å². The monoisotopic (exact) mass is 197 g/mol. The Labute approximate surface area is 85.4 Å². The van der Waals surface area contributed by atoms with Crippen LogP contribution in [-0.4, -0.2) is 35.1 Å². The number of aliphatic carboxylic acids is 1. The van der Waals surface area contributed by atoms with Gasteiger partial charge in [-0.1, -0.05) is 19.4 Å². The van der Waals surface area contributed by atoms with Crippen molar-refractivity contribution < 1.29 is 9.90 Å². The van der Waals surface area contributed by atoms with Crippen LogP contribution in [0.4, 0.5) is 0 Å². The van der Waals surface area contributed by atoms with Crippen molar-refractivity contribution in [3.05, 3.63) is 12.7 Å². The molecular weight excluding hydrogens is 178 g/mol. The normalized spacial score (nSPS) is 28.6. The van der Waals surface area contributed by atoms with E-state index in [1.165, 1.54) is 0 Å². The average molecular weight is 197 g/mol. The molecule has 80 valence electrons. The van der Waals surface area contributed by atoms with Crippen molar-refractivity contribution in [2.75, 3.05) is 13.1 Å². The minimum Gasteiger partial charge on any atom is -0.480 e. The summed E-state index contributed by atoms with van der Waals surface area (Å²) in [4.78, 5) is 13.0. The van der Waals surface area contributed by atoms with Crippen molar-refractivity contribution in [2.24, 2.45) is 5.92 Å². The Balaban J connectivity index is 2.60. The summed E-state index contributed by atoms with van der Waals surface area (Å²) < 4.78 is 0. The summed E-state index contributed by atoms with van der Waals surface area (Å²) in [6, 6.07) is -0.299. The van der Waals surface area contributed by atoms with E-state index in [1.54, 1.807) is 6.08 Å². The van der Waals surface area contributed by atoms with E-state index in [0.29, 0.717) is 12.5 Å². The Morgan fingerprint density at radius 1 is 1.71 bits per heavy atom. The van der Waals surface area contributed by atoms with Gasteiger partial charge in [0.05, 0.1) is 0 Å². The Kier molecular flexibility index (Phi) is 4.14. The molecule has 0 aromatic heterocycles. The third kappa shape index (κ3) is 2.58. The molecule has 14 heavy (non-hydrogen) atoms. The first-order valence-electron chi connectivity index (χ1n) is 5.26. The lowest BCUT2D eigenvalue weighted by atomic mass is 9.89. The van der Waals surface area contributed by atoms with E-state index in [9.17, 15) is 4.79 Å². The van der Waals surface area contributed by atoms with Gasteiger partial charge in [-0.15, -0.1) is 6.58 Å². The largest absolute Gasteiger partial charge is 0.480 e. The fourth-order valence-electron chi connectivity index (χ4n) is 2.10. The molecule has 3 nitrogen and oxygen atoms in total. The van der Waals surface area contributed by atoms with E-state index in [-0.39, 0.29) is 6.04 Å². The van der Waals surface area contributed by atoms with Gasteiger partial charge in [0.15, 0.2) is 0 Å². The maximum absolute atomic E-state index is 11.0. The number of carboxylic acids is 1. The highest BCUT2D eigenvalue weighted by Gasteiger charge is 2.31. The van der Waals surface area contributed by atoms with Gasteiger partial charge >= 0.3 is 5.97 Å². The third-order valence-electron chi connectivity index (χ3n) is 3.05. The number of nitrogens with zero attached hydrogens (tertiary/aromatic N) is 1. The average Bonchev–Trinajstić information content (AvgIpc) is 2.18. The first-order chi connectivity index (χ1) is 6.69. The van der Waals surface area contributed by atoms with Crippen LogP contribution in [0.5, 0.6) is 0 Å². The molecule has 1 saturated heterocycles. The Morgan fingerprint density at radius 3 is 2.93 bits per heavy atom. The van der Waals surface area contributed by atoms with Crippen LogP contribution in [0.1, 0.15) is 26.2 Å². The smallest absolute Gasteiger partial charge is 0.320 e. The minimum atomic E-state index is -0.690. The quantitative estimate of drug-likeness (QED) is 0.698. The van der Waals surface area contributed by atoms with Crippen molar-refractivity contribution >= 4 is 5.97 Å². The topological polar surface area (TPSA) is 40.5 Å². The number of carbonyl (C=O) groups is 1. The van der Waals surface area contributed by atoms with E-state index in [2.05, 4.69) is 13.5 Å². The summed E-state index contributed by atoms with van der Waals surface area (Å²) in [6.45, 7) is 7.36. The van der Waals surface area contributed by atoms with Crippen molar-refractivity contribution in [1.29, 1.82) is 0 Å². The molecule has 2 atom stereocenters. The van der Waals surface area contributed by atoms with Gasteiger partial charge in [0, 0.05) is 6.54 Å². The van der Waals surface area contributed by atoms with Gasteiger partial charge in [0.2, 0.25) is 0 Å². The molecule has 0 saturated carbocycles. The van der Waals surface area contributed by atoms with Crippen molar-refractivity contribution in [3.63, 3.8) is 0 Å². The van der Waals surface area contributed by atoms with Gasteiger partial charge in [-0.05, 0) is 25.3 Å². The van der Waals surface area contributed by atoms with Gasteiger partial charge in [0.25, 0.3) is 0 Å². The number of hydrogen-bond acceptors (Lipinski definition) is 2. The van der Waals surface area contributed by atoms with Crippen LogP contribution >= 0.6 is 0 Å². The predicted octanol–water partition coefficient (Wildman–Crippen LogP) is 1.75. The molecule has 1 heterocycles. The molecule has 1 aliphatic heterocycles. The van der Waals surface area contributed by atoms with Crippen LogP contribution in [0.2, 0.25) is 0 Å². The Bertz CT molecular complexity index is 215. The summed E-state index contributed by atoms with van der Waals surface area (Å²) in [5, 5.41) is 9.07. The number of likely N-dealkylation sites (tertiary alicyclic amines) is 1. The van der Waals surface area contributed by atoms with E-state index in [1.807, 2.05) is 4.90 Å². The highest BCUT2D eigenvalue weighted by Crippen LogP contribution is 2.25.